The minimum Gasteiger partial charge on any atom is -0.504 e. The molecule has 0 unspecified atom stereocenters. The van der Waals surface area contributed by atoms with E-state index in [0.29, 0.717) is 5.58 Å². The lowest BCUT2D eigenvalue weighted by Crippen LogP contribution is -2.14. The second kappa shape index (κ2) is 7.66. The van der Waals surface area contributed by atoms with E-state index in [1.165, 1.54) is 26.2 Å². The lowest BCUT2D eigenvalue weighted by atomic mass is 9.88. The number of ketones is 2. The Kier molecular flexibility index (Phi) is 4.84. The first-order chi connectivity index (χ1) is 16.6. The molecule has 0 aliphatic heterocycles. The van der Waals surface area contributed by atoms with Crippen LogP contribution in [0.5, 0.6) is 11.5 Å². The molecule has 0 atom stereocenters. The molecule has 174 valence electrons. The smallest absolute Gasteiger partial charge is 0.200 e. The van der Waals surface area contributed by atoms with Gasteiger partial charge < -0.3 is 19.0 Å². The van der Waals surface area contributed by atoms with Crippen molar-refractivity contribution in [3.05, 3.63) is 79.8 Å². The number of benzene rings is 3. The normalized spacial score (nSPS) is 11.4. The van der Waals surface area contributed by atoms with Crippen molar-refractivity contribution in [2.75, 3.05) is 0 Å². The summed E-state index contributed by atoms with van der Waals surface area (Å²) >= 11 is 0. The zero-order valence-corrected chi connectivity index (χ0v) is 18.9. The van der Waals surface area contributed by atoms with Gasteiger partial charge in [-0.1, -0.05) is 11.6 Å². The number of fused-ring (bicyclic) bond motifs is 3. The summed E-state index contributed by atoms with van der Waals surface area (Å²) in [6, 6.07) is 8.47. The van der Waals surface area contributed by atoms with Crippen LogP contribution in [0.25, 0.3) is 44.0 Å². The van der Waals surface area contributed by atoms with E-state index in [-0.39, 0.29) is 49.6 Å². The number of carbonyl (C=O) groups is 2. The number of aromatic hydroxyl groups is 2. The Morgan fingerprint density at radius 3 is 2.17 bits per heavy atom. The predicted octanol–water partition coefficient (Wildman–Crippen LogP) is 4.84. The number of carbonyl (C=O) groups excluding carboxylic acids is 2. The molecule has 2 N–H and O–H groups in total. The molecule has 8 nitrogen and oxygen atoms in total. The van der Waals surface area contributed by atoms with Crippen molar-refractivity contribution < 1.29 is 28.6 Å². The van der Waals surface area contributed by atoms with Crippen molar-refractivity contribution >= 4 is 44.5 Å². The van der Waals surface area contributed by atoms with Crippen LogP contribution >= 0.6 is 0 Å². The van der Waals surface area contributed by atoms with Crippen LogP contribution < -0.4 is 10.9 Å². The molecule has 0 bridgehead atoms. The molecule has 3 aromatic carbocycles. The minimum absolute atomic E-state index is 0.000145. The Bertz CT molecular complexity index is 1870. The van der Waals surface area contributed by atoms with Crippen LogP contribution in [0.4, 0.5) is 0 Å². The quantitative estimate of drug-likeness (QED) is 0.217. The molecular formula is C27H18O8. The molecule has 0 aliphatic rings. The highest BCUT2D eigenvalue weighted by molar-refractivity contribution is 6.17. The first-order valence-electron chi connectivity index (χ1n) is 10.6. The number of phenolic OH excluding ortho intramolecular Hbond substituents is 2. The molecule has 0 aliphatic carbocycles. The third kappa shape index (κ3) is 3.30. The van der Waals surface area contributed by atoms with Gasteiger partial charge in [0, 0.05) is 17.2 Å². The number of hydrogen-bond acceptors (Lipinski definition) is 8. The van der Waals surface area contributed by atoms with Crippen LogP contribution in [-0.2, 0) is 0 Å². The second-order valence-corrected chi connectivity index (χ2v) is 8.41. The third-order valence-corrected chi connectivity index (χ3v) is 5.99. The summed E-state index contributed by atoms with van der Waals surface area (Å²) in [7, 11) is 0. The second-order valence-electron chi connectivity index (χ2n) is 8.41. The number of Topliss-reactive ketones (excluding diaryl/α,β-unsaturated/α-hetero) is 2. The maximum atomic E-state index is 13.5. The SMILES string of the molecule is CC(=O)c1cc2c(=O)c3cc(O)c(O)cc3oc2c(C(C)=O)c1-c1coc2ccc(C)cc2c1=O. The fourth-order valence-corrected chi connectivity index (χ4v) is 4.33. The molecule has 5 aromatic rings. The van der Waals surface area contributed by atoms with Crippen molar-refractivity contribution in [3.63, 3.8) is 0 Å². The van der Waals surface area contributed by atoms with E-state index in [1.54, 1.807) is 18.2 Å². The maximum absolute atomic E-state index is 13.5. The molecule has 2 heterocycles. The van der Waals surface area contributed by atoms with Gasteiger partial charge in [0.1, 0.15) is 23.0 Å². The highest BCUT2D eigenvalue weighted by atomic mass is 16.3. The molecule has 0 saturated heterocycles. The lowest BCUT2D eigenvalue weighted by Gasteiger charge is -2.15. The standard InChI is InChI=1S/C27H18O8/c1-11-4-5-21-15(6-11)26(33)18(10-34-21)24-14(12(2)28)7-17-25(32)16-8-19(30)20(31)9-22(16)35-27(17)23(24)13(3)29/h4-10,30-31H,1-3H3. The van der Waals surface area contributed by atoms with Crippen LogP contribution in [0.3, 0.4) is 0 Å². The van der Waals surface area contributed by atoms with Gasteiger partial charge >= 0.3 is 0 Å². The first-order valence-corrected chi connectivity index (χ1v) is 10.6. The Balaban J connectivity index is 2.02. The highest BCUT2D eigenvalue weighted by Gasteiger charge is 2.27. The molecule has 8 heteroatoms. The van der Waals surface area contributed by atoms with E-state index < -0.39 is 33.9 Å². The Labute approximate surface area is 196 Å². The number of aryl methyl sites for hydroxylation is 1. The van der Waals surface area contributed by atoms with Crippen LogP contribution in [0.15, 0.2) is 61.1 Å². The molecular weight excluding hydrogens is 452 g/mol. The number of hydrogen-bond donors (Lipinski definition) is 2. The maximum Gasteiger partial charge on any atom is 0.200 e. The van der Waals surface area contributed by atoms with Crippen molar-refractivity contribution in [1.29, 1.82) is 0 Å². The van der Waals surface area contributed by atoms with Gasteiger partial charge in [-0.2, -0.15) is 0 Å². The fraction of sp³-hybridized carbons (Fsp3) is 0.111. The lowest BCUT2D eigenvalue weighted by molar-refractivity contribution is 0.101. The van der Waals surface area contributed by atoms with E-state index in [0.717, 1.165) is 17.7 Å². The molecule has 5 rings (SSSR count). The summed E-state index contributed by atoms with van der Waals surface area (Å²) in [5.41, 5.74) is -0.343. The fourth-order valence-electron chi connectivity index (χ4n) is 4.33. The Morgan fingerprint density at radius 2 is 1.49 bits per heavy atom. The third-order valence-electron chi connectivity index (χ3n) is 5.99. The van der Waals surface area contributed by atoms with E-state index in [1.807, 2.05) is 6.92 Å². The topological polar surface area (TPSA) is 135 Å². The van der Waals surface area contributed by atoms with Gasteiger partial charge in [0.05, 0.1) is 27.3 Å². The van der Waals surface area contributed by atoms with Crippen LogP contribution in [0.1, 0.15) is 40.1 Å². The number of rotatable bonds is 3. The van der Waals surface area contributed by atoms with Gasteiger partial charge in [0.15, 0.2) is 23.1 Å². The Hall–Kier alpha value is -4.72. The monoisotopic (exact) mass is 470 g/mol. The predicted molar refractivity (Wildman–Crippen MR) is 130 cm³/mol. The summed E-state index contributed by atoms with van der Waals surface area (Å²) in [6.45, 7) is 4.30. The van der Waals surface area contributed by atoms with Crippen molar-refractivity contribution in [2.45, 2.75) is 20.8 Å². The zero-order chi connectivity index (χ0) is 25.2. The summed E-state index contributed by atoms with van der Waals surface area (Å²) in [4.78, 5) is 52.4. The molecule has 0 spiro atoms. The van der Waals surface area contributed by atoms with Gasteiger partial charge in [0.2, 0.25) is 10.9 Å². The van der Waals surface area contributed by atoms with Crippen LogP contribution in [0, 0.1) is 6.92 Å². The van der Waals surface area contributed by atoms with Crippen LogP contribution in [0.2, 0.25) is 0 Å². The Morgan fingerprint density at radius 1 is 0.800 bits per heavy atom. The van der Waals surface area contributed by atoms with Gasteiger partial charge in [-0.15, -0.1) is 0 Å². The average molecular weight is 470 g/mol. The summed E-state index contributed by atoms with van der Waals surface area (Å²) in [6.07, 6.45) is 1.18. The van der Waals surface area contributed by atoms with Crippen molar-refractivity contribution in [3.8, 4) is 22.6 Å². The van der Waals surface area contributed by atoms with E-state index in [4.69, 9.17) is 8.83 Å². The molecule has 0 amide bonds. The van der Waals surface area contributed by atoms with E-state index >= 15 is 0 Å². The van der Waals surface area contributed by atoms with Crippen molar-refractivity contribution in [1.82, 2.24) is 0 Å². The first kappa shape index (κ1) is 22.1. The molecule has 0 saturated carbocycles. The molecule has 0 radical (unpaired) electrons. The minimum atomic E-state index is -0.616. The van der Waals surface area contributed by atoms with E-state index in [2.05, 4.69) is 0 Å². The van der Waals surface area contributed by atoms with E-state index in [9.17, 15) is 29.4 Å². The summed E-state index contributed by atoms with van der Waals surface area (Å²) in [5.74, 6) is -2.08. The average Bonchev–Trinajstić information content (AvgIpc) is 2.80. The molecule has 2 aromatic heterocycles. The van der Waals surface area contributed by atoms with Gasteiger partial charge in [-0.05, 0) is 45.0 Å². The number of phenols is 2. The highest BCUT2D eigenvalue weighted by Crippen LogP contribution is 2.36. The van der Waals surface area contributed by atoms with Crippen LogP contribution in [-0.4, -0.2) is 21.8 Å². The van der Waals surface area contributed by atoms with Gasteiger partial charge in [-0.3, -0.25) is 19.2 Å². The van der Waals surface area contributed by atoms with Gasteiger partial charge in [0.25, 0.3) is 0 Å². The largest absolute Gasteiger partial charge is 0.504 e. The zero-order valence-electron chi connectivity index (χ0n) is 18.9. The van der Waals surface area contributed by atoms with Crippen molar-refractivity contribution in [2.24, 2.45) is 0 Å². The van der Waals surface area contributed by atoms with Gasteiger partial charge in [-0.25, -0.2) is 0 Å². The summed E-state index contributed by atoms with van der Waals surface area (Å²) < 4.78 is 11.5. The molecule has 0 fully saturated rings. The summed E-state index contributed by atoms with van der Waals surface area (Å²) in [5, 5.41) is 19.9. The molecule has 35 heavy (non-hydrogen) atoms.